The molecule has 0 spiro atoms. The van der Waals surface area contributed by atoms with E-state index in [9.17, 15) is 22.8 Å². The highest BCUT2D eigenvalue weighted by Gasteiger charge is 2.42. The standard InChI is InChI=1S/C34H36F3NO5S/c1-31(2,3)43-30(40)38-33(19-41-32(4,5)42-20-33)15-14-21-6-7-23-17-25-18-24(10-13-27(25)44-28(23)16-21)29(39)22-8-11-26(12-9-22)34(35,36)37/h6-13,16,18H,14-15,17,19-20H2,1-5H3,(H,38,40). The zero-order chi connectivity index (χ0) is 31.9. The minimum Gasteiger partial charge on any atom is -0.444 e. The van der Waals surface area contributed by atoms with Crippen molar-refractivity contribution < 1.29 is 37.0 Å². The summed E-state index contributed by atoms with van der Waals surface area (Å²) in [6, 6.07) is 16.0. The number of ketones is 1. The first-order chi connectivity index (χ1) is 20.5. The average molecular weight is 628 g/mol. The van der Waals surface area contributed by atoms with Crippen LogP contribution in [0.5, 0.6) is 0 Å². The monoisotopic (exact) mass is 627 g/mol. The Bertz CT molecular complexity index is 1550. The zero-order valence-electron chi connectivity index (χ0n) is 25.4. The van der Waals surface area contributed by atoms with Gasteiger partial charge in [0.1, 0.15) is 5.60 Å². The van der Waals surface area contributed by atoms with Crippen LogP contribution in [0.15, 0.2) is 70.5 Å². The average Bonchev–Trinajstić information content (AvgIpc) is 2.94. The lowest BCUT2D eigenvalue weighted by molar-refractivity contribution is -0.271. The fraction of sp³-hybridized carbons (Fsp3) is 0.412. The maximum absolute atomic E-state index is 13.0. The van der Waals surface area contributed by atoms with Crippen LogP contribution in [-0.4, -0.2) is 42.0 Å². The Hall–Kier alpha value is -3.34. The molecule has 10 heteroatoms. The van der Waals surface area contributed by atoms with Gasteiger partial charge >= 0.3 is 12.3 Å². The van der Waals surface area contributed by atoms with Gasteiger partial charge in [0.05, 0.1) is 24.3 Å². The number of fused-ring (bicyclic) bond motifs is 2. The lowest BCUT2D eigenvalue weighted by Crippen LogP contribution is -2.61. The van der Waals surface area contributed by atoms with E-state index in [-0.39, 0.29) is 11.3 Å². The van der Waals surface area contributed by atoms with Crippen LogP contribution in [0.2, 0.25) is 0 Å². The van der Waals surface area contributed by atoms with E-state index >= 15 is 0 Å². The van der Waals surface area contributed by atoms with Crippen LogP contribution in [0.1, 0.15) is 79.2 Å². The molecule has 6 nitrogen and oxygen atoms in total. The third kappa shape index (κ3) is 7.65. The molecule has 0 unspecified atom stereocenters. The first kappa shape index (κ1) is 32.1. The number of hydrogen-bond donors (Lipinski definition) is 1. The summed E-state index contributed by atoms with van der Waals surface area (Å²) in [4.78, 5) is 27.9. The van der Waals surface area contributed by atoms with Crippen molar-refractivity contribution in [1.29, 1.82) is 0 Å². The molecule has 1 amide bonds. The molecule has 2 aliphatic heterocycles. The molecule has 2 heterocycles. The van der Waals surface area contributed by atoms with Crippen LogP contribution in [-0.2, 0) is 33.2 Å². The van der Waals surface area contributed by atoms with Gasteiger partial charge in [-0.25, -0.2) is 4.79 Å². The fourth-order valence-corrected chi connectivity index (χ4v) is 6.26. The molecule has 2 aliphatic rings. The van der Waals surface area contributed by atoms with Crippen molar-refractivity contribution >= 4 is 23.6 Å². The number of ether oxygens (including phenoxy) is 3. The maximum Gasteiger partial charge on any atom is 0.416 e. The molecule has 1 N–H and O–H groups in total. The lowest BCUT2D eigenvalue weighted by Gasteiger charge is -2.44. The maximum atomic E-state index is 13.0. The van der Waals surface area contributed by atoms with Crippen molar-refractivity contribution in [2.24, 2.45) is 0 Å². The predicted molar refractivity (Wildman–Crippen MR) is 161 cm³/mol. The molecule has 3 aromatic carbocycles. The van der Waals surface area contributed by atoms with Crippen LogP contribution >= 0.6 is 11.8 Å². The summed E-state index contributed by atoms with van der Waals surface area (Å²) in [5, 5.41) is 3.01. The van der Waals surface area contributed by atoms with Crippen molar-refractivity contribution in [3.05, 3.63) is 94.0 Å². The highest BCUT2D eigenvalue weighted by atomic mass is 32.2. The second-order valence-electron chi connectivity index (χ2n) is 12.8. The molecular formula is C34H36F3NO5S. The molecule has 0 bridgehead atoms. The van der Waals surface area contributed by atoms with Crippen LogP contribution in [0.4, 0.5) is 18.0 Å². The predicted octanol–water partition coefficient (Wildman–Crippen LogP) is 7.97. The number of amides is 1. The number of carbonyl (C=O) groups excluding carboxylic acids is 2. The van der Waals surface area contributed by atoms with Crippen molar-refractivity contribution in [2.75, 3.05) is 13.2 Å². The number of rotatable bonds is 6. The highest BCUT2D eigenvalue weighted by molar-refractivity contribution is 7.99. The fourth-order valence-electron chi connectivity index (χ4n) is 5.14. The van der Waals surface area contributed by atoms with E-state index in [1.807, 2.05) is 46.8 Å². The van der Waals surface area contributed by atoms with E-state index < -0.39 is 34.8 Å². The van der Waals surface area contributed by atoms with E-state index in [0.717, 1.165) is 38.6 Å². The summed E-state index contributed by atoms with van der Waals surface area (Å²) in [6.07, 6.45) is -3.08. The van der Waals surface area contributed by atoms with E-state index in [4.69, 9.17) is 14.2 Å². The number of alkyl carbamates (subject to hydrolysis) is 1. The summed E-state index contributed by atoms with van der Waals surface area (Å²) in [5.41, 5.74) is 1.70. The summed E-state index contributed by atoms with van der Waals surface area (Å²) < 4.78 is 56.2. The molecule has 0 saturated carbocycles. The van der Waals surface area contributed by atoms with E-state index in [0.29, 0.717) is 38.0 Å². The van der Waals surface area contributed by atoms with Gasteiger partial charge in [-0.05, 0) is 107 Å². The second-order valence-corrected chi connectivity index (χ2v) is 13.9. The molecule has 1 fully saturated rings. The lowest BCUT2D eigenvalue weighted by atomic mass is 9.91. The number of benzene rings is 3. The molecule has 0 aromatic heterocycles. The van der Waals surface area contributed by atoms with Gasteiger partial charge in [0, 0.05) is 20.9 Å². The number of halogens is 3. The topological polar surface area (TPSA) is 73.9 Å². The van der Waals surface area contributed by atoms with E-state index in [1.165, 1.54) is 12.1 Å². The van der Waals surface area contributed by atoms with Crippen LogP contribution in [0, 0.1) is 0 Å². The molecule has 0 atom stereocenters. The number of hydrogen-bond acceptors (Lipinski definition) is 6. The van der Waals surface area contributed by atoms with Crippen molar-refractivity contribution in [3.63, 3.8) is 0 Å². The van der Waals surface area contributed by atoms with E-state index in [2.05, 4.69) is 23.5 Å². The molecule has 0 aliphatic carbocycles. The summed E-state index contributed by atoms with van der Waals surface area (Å²) in [6.45, 7) is 9.72. The third-order valence-electron chi connectivity index (χ3n) is 7.58. The molecule has 3 aromatic rings. The first-order valence-corrected chi connectivity index (χ1v) is 15.3. The normalized spacial score (nSPS) is 17.3. The quantitative estimate of drug-likeness (QED) is 0.219. The van der Waals surface area contributed by atoms with Gasteiger partial charge in [0.2, 0.25) is 0 Å². The molecule has 0 radical (unpaired) electrons. The Morgan fingerprint density at radius 1 is 0.886 bits per heavy atom. The van der Waals surface area contributed by atoms with Crippen molar-refractivity contribution in [3.8, 4) is 0 Å². The molecular weight excluding hydrogens is 591 g/mol. The van der Waals surface area contributed by atoms with Crippen molar-refractivity contribution in [2.45, 2.75) is 86.8 Å². The summed E-state index contributed by atoms with van der Waals surface area (Å²) >= 11 is 1.62. The van der Waals surface area contributed by atoms with Crippen LogP contribution in [0.3, 0.4) is 0 Å². The van der Waals surface area contributed by atoms with Crippen LogP contribution < -0.4 is 5.32 Å². The van der Waals surface area contributed by atoms with Gasteiger partial charge in [-0.3, -0.25) is 4.79 Å². The molecule has 5 rings (SSSR count). The van der Waals surface area contributed by atoms with Gasteiger partial charge in [-0.2, -0.15) is 13.2 Å². The van der Waals surface area contributed by atoms with Gasteiger partial charge in [-0.1, -0.05) is 36.0 Å². The largest absolute Gasteiger partial charge is 0.444 e. The number of nitrogens with one attached hydrogen (secondary N) is 1. The smallest absolute Gasteiger partial charge is 0.416 e. The Morgan fingerprint density at radius 3 is 2.18 bits per heavy atom. The van der Waals surface area contributed by atoms with Gasteiger partial charge in [0.15, 0.2) is 11.6 Å². The van der Waals surface area contributed by atoms with Crippen molar-refractivity contribution in [1.82, 2.24) is 5.32 Å². The SMILES string of the molecule is CC(C)(C)OC(=O)NC1(CCc2ccc3c(c2)Sc2ccc(C(=O)c4ccc(C(F)(F)F)cc4)cc2C3)COC(C)(C)OC1. The highest BCUT2D eigenvalue weighted by Crippen LogP contribution is 2.41. The molecule has 1 saturated heterocycles. The first-order valence-electron chi connectivity index (χ1n) is 14.4. The Labute approximate surface area is 259 Å². The molecule has 234 valence electrons. The Morgan fingerprint density at radius 2 is 1.55 bits per heavy atom. The minimum atomic E-state index is -4.45. The van der Waals surface area contributed by atoms with Gasteiger partial charge in [-0.15, -0.1) is 0 Å². The zero-order valence-corrected chi connectivity index (χ0v) is 26.2. The van der Waals surface area contributed by atoms with Gasteiger partial charge < -0.3 is 19.5 Å². The number of aryl methyl sites for hydroxylation is 1. The minimum absolute atomic E-state index is 0.211. The van der Waals surface area contributed by atoms with Gasteiger partial charge in [0.25, 0.3) is 0 Å². The Balaban J connectivity index is 1.27. The summed E-state index contributed by atoms with van der Waals surface area (Å²) in [5.74, 6) is -1.06. The third-order valence-corrected chi connectivity index (χ3v) is 8.80. The Kier molecular flexibility index (Phi) is 8.65. The van der Waals surface area contributed by atoms with Crippen LogP contribution in [0.25, 0.3) is 0 Å². The van der Waals surface area contributed by atoms with E-state index in [1.54, 1.807) is 17.8 Å². The number of carbonyl (C=O) groups is 2. The number of alkyl halides is 3. The summed E-state index contributed by atoms with van der Waals surface area (Å²) in [7, 11) is 0. The second kappa shape index (κ2) is 11.9. The molecule has 44 heavy (non-hydrogen) atoms.